The zero-order valence-corrected chi connectivity index (χ0v) is 34.2. The van der Waals surface area contributed by atoms with Crippen molar-refractivity contribution in [2.24, 2.45) is 0 Å². The van der Waals surface area contributed by atoms with Crippen molar-refractivity contribution in [2.45, 2.75) is 187 Å². The number of phosphoric ester groups is 1. The second-order valence-corrected chi connectivity index (χ2v) is 15.0. The van der Waals surface area contributed by atoms with Gasteiger partial charge in [-0.15, -0.1) is 0 Å². The Labute approximate surface area is 322 Å². The van der Waals surface area contributed by atoms with E-state index in [9.17, 15) is 19.3 Å². The fourth-order valence-corrected chi connectivity index (χ4v) is 5.83. The summed E-state index contributed by atoms with van der Waals surface area (Å²) < 4.78 is 26.2. The van der Waals surface area contributed by atoms with Crippen LogP contribution in [0.25, 0.3) is 0 Å². The first-order valence-electron chi connectivity index (χ1n) is 20.7. The highest BCUT2D eigenvalue weighted by Gasteiger charge is 2.23. The lowest BCUT2D eigenvalue weighted by Crippen LogP contribution is -2.29. The van der Waals surface area contributed by atoms with Crippen LogP contribution in [-0.2, 0) is 28.2 Å². The molecular formula is C43H75O9P. The minimum atomic E-state index is -4.80. The molecule has 10 heteroatoms. The van der Waals surface area contributed by atoms with Gasteiger partial charge in [-0.1, -0.05) is 152 Å². The van der Waals surface area contributed by atoms with Crippen LogP contribution >= 0.6 is 7.82 Å². The maximum absolute atomic E-state index is 12.4. The normalized spacial score (nSPS) is 13.7. The summed E-state index contributed by atoms with van der Waals surface area (Å²) in [4.78, 5) is 42.8. The van der Waals surface area contributed by atoms with Gasteiger partial charge < -0.3 is 24.4 Å². The second-order valence-electron chi connectivity index (χ2n) is 13.8. The summed E-state index contributed by atoms with van der Waals surface area (Å²) in [5, 5.41) is 10.2. The Bertz CT molecular complexity index is 1060. The van der Waals surface area contributed by atoms with Crippen molar-refractivity contribution in [3.63, 3.8) is 0 Å². The van der Waals surface area contributed by atoms with E-state index >= 15 is 0 Å². The monoisotopic (exact) mass is 767 g/mol. The van der Waals surface area contributed by atoms with E-state index < -0.39 is 38.6 Å². The number of aliphatic hydroxyl groups is 1. The van der Waals surface area contributed by atoms with Gasteiger partial charge in [-0.25, -0.2) is 4.57 Å². The lowest BCUT2D eigenvalue weighted by atomic mass is 10.1. The number of allylic oxidation sites excluding steroid dienone is 9. The van der Waals surface area contributed by atoms with Gasteiger partial charge in [-0.05, 0) is 70.6 Å². The molecule has 0 aliphatic heterocycles. The van der Waals surface area contributed by atoms with Gasteiger partial charge in [0, 0.05) is 12.8 Å². The molecular weight excluding hydrogens is 691 g/mol. The Kier molecular flexibility index (Phi) is 36.4. The third-order valence-corrected chi connectivity index (χ3v) is 9.10. The van der Waals surface area contributed by atoms with Crippen LogP contribution in [0.3, 0.4) is 0 Å². The van der Waals surface area contributed by atoms with Gasteiger partial charge >= 0.3 is 19.8 Å². The summed E-state index contributed by atoms with van der Waals surface area (Å²) in [6.07, 6.45) is 44.0. The van der Waals surface area contributed by atoms with Gasteiger partial charge in [0.05, 0.1) is 12.7 Å². The molecule has 0 unspecified atom stereocenters. The molecule has 0 aromatic rings. The highest BCUT2D eigenvalue weighted by Crippen LogP contribution is 2.36. The van der Waals surface area contributed by atoms with E-state index in [0.29, 0.717) is 19.3 Å². The molecule has 53 heavy (non-hydrogen) atoms. The molecule has 0 radical (unpaired) electrons. The third-order valence-electron chi connectivity index (χ3n) is 8.61. The molecule has 0 aliphatic carbocycles. The molecule has 0 saturated carbocycles. The van der Waals surface area contributed by atoms with E-state index in [1.165, 1.54) is 83.5 Å². The van der Waals surface area contributed by atoms with Crippen LogP contribution in [-0.4, -0.2) is 52.3 Å². The highest BCUT2D eigenvalue weighted by atomic mass is 31.2. The molecule has 0 heterocycles. The molecule has 0 spiro atoms. The Morgan fingerprint density at radius 3 is 1.70 bits per heavy atom. The van der Waals surface area contributed by atoms with E-state index in [1.54, 1.807) is 12.2 Å². The number of esters is 2. The van der Waals surface area contributed by atoms with Crippen LogP contribution in [0.1, 0.15) is 174 Å². The number of unbranched alkanes of at least 4 members (excludes halogenated alkanes) is 16. The molecule has 0 rings (SSSR count). The van der Waals surface area contributed by atoms with Gasteiger partial charge in [0.25, 0.3) is 0 Å². The predicted octanol–water partition coefficient (Wildman–Crippen LogP) is 11.5. The zero-order chi connectivity index (χ0) is 39.1. The molecule has 0 aliphatic rings. The van der Waals surface area contributed by atoms with Gasteiger partial charge in [0.2, 0.25) is 0 Å². The zero-order valence-electron chi connectivity index (χ0n) is 33.3. The molecule has 0 aromatic heterocycles. The summed E-state index contributed by atoms with van der Waals surface area (Å²) >= 11 is 0. The molecule has 9 nitrogen and oxygen atoms in total. The van der Waals surface area contributed by atoms with Crippen LogP contribution in [0.15, 0.2) is 60.8 Å². The summed E-state index contributed by atoms with van der Waals surface area (Å²) in [7, 11) is -4.80. The lowest BCUT2D eigenvalue weighted by Gasteiger charge is -2.18. The number of carbonyl (C=O) groups excluding carboxylic acids is 2. The summed E-state index contributed by atoms with van der Waals surface area (Å²) in [6.45, 7) is 3.48. The van der Waals surface area contributed by atoms with Crippen molar-refractivity contribution in [1.29, 1.82) is 0 Å². The number of carbonyl (C=O) groups is 2. The average molecular weight is 767 g/mol. The minimum Gasteiger partial charge on any atom is -0.462 e. The molecule has 306 valence electrons. The predicted molar refractivity (Wildman–Crippen MR) is 217 cm³/mol. The van der Waals surface area contributed by atoms with Gasteiger partial charge in [0.1, 0.15) is 6.61 Å². The quantitative estimate of drug-likeness (QED) is 0.0185. The number of hydrogen-bond acceptors (Lipinski definition) is 7. The maximum atomic E-state index is 12.4. The highest BCUT2D eigenvalue weighted by molar-refractivity contribution is 7.46. The molecule has 0 amide bonds. The molecule has 0 bridgehead atoms. The van der Waals surface area contributed by atoms with E-state index in [0.717, 1.165) is 44.9 Å². The fraction of sp³-hybridized carbons (Fsp3) is 0.721. The lowest BCUT2D eigenvalue weighted by molar-refractivity contribution is -0.161. The van der Waals surface area contributed by atoms with E-state index in [2.05, 4.69) is 54.8 Å². The number of aliphatic hydroxyl groups excluding tert-OH is 1. The third kappa shape index (κ3) is 40.7. The van der Waals surface area contributed by atoms with E-state index in [1.807, 2.05) is 12.2 Å². The topological polar surface area (TPSA) is 140 Å². The van der Waals surface area contributed by atoms with Gasteiger partial charge in [-0.2, -0.15) is 0 Å². The Hall–Kier alpha value is -2.29. The van der Waals surface area contributed by atoms with Crippen molar-refractivity contribution < 1.29 is 43.0 Å². The molecule has 0 aromatic carbocycles. The van der Waals surface area contributed by atoms with Crippen molar-refractivity contribution in [3.8, 4) is 0 Å². The molecule has 0 saturated heterocycles. The first-order valence-corrected chi connectivity index (χ1v) is 22.2. The number of ether oxygens (including phenoxy) is 2. The number of rotatable bonds is 37. The van der Waals surface area contributed by atoms with Crippen LogP contribution in [0, 0.1) is 0 Å². The number of hydrogen-bond donors (Lipinski definition) is 3. The maximum Gasteiger partial charge on any atom is 0.469 e. The Morgan fingerprint density at radius 1 is 0.585 bits per heavy atom. The standard InChI is InChI=1S/C43H75O9P/c1-3-5-7-9-11-13-15-17-18-19-20-22-24-26-28-30-32-36-43(46)52-41(39-51-53(47,48)49)38-50-42(45)37-33-35-40(44)34-31-29-27-25-23-21-16-14-12-10-8-6-4-2/h12,14,17-18,21,23,27,29,31,34,40-41,44H,3-11,13,15-16,19-20,22,24-26,28,30,32-33,35-39H2,1-2H3,(H2,47,48,49)/b14-12-,18-17-,23-21-,29-27-,34-31+/t40-,41-/m1/s1. The number of phosphoric acid groups is 1. The first kappa shape index (κ1) is 50.7. The molecule has 0 fully saturated rings. The van der Waals surface area contributed by atoms with Crippen LogP contribution in [0.2, 0.25) is 0 Å². The summed E-state index contributed by atoms with van der Waals surface area (Å²) in [5.41, 5.74) is 0. The van der Waals surface area contributed by atoms with Gasteiger partial charge in [0.15, 0.2) is 6.10 Å². The molecule has 2 atom stereocenters. The van der Waals surface area contributed by atoms with Crippen molar-refractivity contribution in [3.05, 3.63) is 60.8 Å². The minimum absolute atomic E-state index is 0.0363. The van der Waals surface area contributed by atoms with Crippen molar-refractivity contribution in [1.82, 2.24) is 0 Å². The van der Waals surface area contributed by atoms with Crippen molar-refractivity contribution >= 4 is 19.8 Å². The smallest absolute Gasteiger partial charge is 0.462 e. The first-order chi connectivity index (χ1) is 25.7. The summed E-state index contributed by atoms with van der Waals surface area (Å²) in [5.74, 6) is -1.09. The van der Waals surface area contributed by atoms with Crippen LogP contribution in [0.5, 0.6) is 0 Å². The van der Waals surface area contributed by atoms with E-state index in [-0.39, 0.29) is 19.4 Å². The molecule has 3 N–H and O–H groups in total. The van der Waals surface area contributed by atoms with Crippen molar-refractivity contribution in [2.75, 3.05) is 13.2 Å². The van der Waals surface area contributed by atoms with Crippen LogP contribution < -0.4 is 0 Å². The fourth-order valence-electron chi connectivity index (χ4n) is 5.47. The summed E-state index contributed by atoms with van der Waals surface area (Å²) in [6, 6.07) is 0. The largest absolute Gasteiger partial charge is 0.469 e. The van der Waals surface area contributed by atoms with E-state index in [4.69, 9.17) is 19.3 Å². The second kappa shape index (κ2) is 38.0. The van der Waals surface area contributed by atoms with Crippen LogP contribution in [0.4, 0.5) is 0 Å². The van der Waals surface area contributed by atoms with Gasteiger partial charge in [-0.3, -0.25) is 14.1 Å². The SMILES string of the molecule is CCCCC/C=C\C/C=C\C/C=C\C=C\[C@@H](O)CCCC(=O)OC[C@H](COP(=O)(O)O)OC(=O)CCCCCCCCC/C=C\CCCCCCCC. The Balaban J connectivity index is 4.13. The average Bonchev–Trinajstić information content (AvgIpc) is 3.12. The Morgan fingerprint density at radius 2 is 1.08 bits per heavy atom.